The number of hydrogen-bond donors (Lipinski definition) is 3. The minimum atomic E-state index is -0.269. The first-order valence-electron chi connectivity index (χ1n) is 20.1. The van der Waals surface area contributed by atoms with Crippen LogP contribution in [0.2, 0.25) is 0 Å². The van der Waals surface area contributed by atoms with Gasteiger partial charge in [-0.05, 0) is 52.2 Å². The van der Waals surface area contributed by atoms with Crippen LogP contribution in [0.5, 0.6) is 0 Å². The molecule has 4 heterocycles. The number of imidazole rings is 1. The molecule has 0 radical (unpaired) electrons. The van der Waals surface area contributed by atoms with E-state index in [9.17, 15) is 0 Å². The van der Waals surface area contributed by atoms with Gasteiger partial charge in [0, 0.05) is 39.7 Å². The predicted molar refractivity (Wildman–Crippen MR) is 243 cm³/mol. The molecular formula is C52H39N7. The maximum absolute atomic E-state index is 5.38. The van der Waals surface area contributed by atoms with Crippen LogP contribution >= 0.6 is 0 Å². The van der Waals surface area contributed by atoms with Gasteiger partial charge in [0.1, 0.15) is 23.9 Å². The third-order valence-electron chi connectivity index (χ3n) is 11.4. The molecule has 3 aliphatic rings. The summed E-state index contributed by atoms with van der Waals surface area (Å²) in [7, 11) is 0. The molecule has 7 aromatic carbocycles. The highest BCUT2D eigenvalue weighted by Crippen LogP contribution is 2.41. The van der Waals surface area contributed by atoms with Crippen molar-refractivity contribution in [1.29, 1.82) is 0 Å². The molecule has 0 saturated heterocycles. The van der Waals surface area contributed by atoms with E-state index < -0.39 is 0 Å². The second-order valence-corrected chi connectivity index (χ2v) is 14.9. The van der Waals surface area contributed by atoms with Crippen molar-refractivity contribution in [2.75, 3.05) is 11.9 Å². The molecule has 7 heteroatoms. The Labute approximate surface area is 342 Å². The topological polar surface area (TPSA) is 78.6 Å². The van der Waals surface area contributed by atoms with Gasteiger partial charge in [-0.1, -0.05) is 170 Å². The second-order valence-electron chi connectivity index (χ2n) is 14.9. The Bertz CT molecular complexity index is 3010. The molecule has 0 fully saturated rings. The zero-order valence-corrected chi connectivity index (χ0v) is 32.1. The van der Waals surface area contributed by atoms with Crippen LogP contribution in [-0.4, -0.2) is 27.8 Å². The van der Waals surface area contributed by atoms with Crippen molar-refractivity contribution in [2.45, 2.75) is 12.2 Å². The monoisotopic (exact) mass is 761 g/mol. The Morgan fingerprint density at radius 1 is 0.593 bits per heavy atom. The number of fused-ring (bicyclic) bond motifs is 6. The summed E-state index contributed by atoms with van der Waals surface area (Å²) in [5, 5.41) is 13.1. The number of allylic oxidation sites excluding steroid dienone is 2. The number of anilines is 1. The number of dihydropyridines is 1. The first kappa shape index (κ1) is 34.5. The van der Waals surface area contributed by atoms with Gasteiger partial charge in [0.05, 0.1) is 16.7 Å². The van der Waals surface area contributed by atoms with Gasteiger partial charge in [0.15, 0.2) is 5.84 Å². The maximum Gasteiger partial charge on any atom is 0.159 e. The van der Waals surface area contributed by atoms with Crippen molar-refractivity contribution in [2.24, 2.45) is 9.98 Å². The van der Waals surface area contributed by atoms with Crippen molar-refractivity contribution in [3.63, 3.8) is 0 Å². The van der Waals surface area contributed by atoms with Crippen LogP contribution < -0.4 is 16.0 Å². The predicted octanol–water partition coefficient (Wildman–Crippen LogP) is 11.2. The smallest absolute Gasteiger partial charge is 0.159 e. The minimum absolute atomic E-state index is 0.0772. The number of nitrogens with zero attached hydrogens (tertiary/aromatic N) is 4. The summed E-state index contributed by atoms with van der Waals surface area (Å²) in [4.78, 5) is 15.5. The average Bonchev–Trinajstić information content (AvgIpc) is 3.74. The molecule has 0 saturated carbocycles. The lowest BCUT2D eigenvalue weighted by Crippen LogP contribution is -2.33. The Kier molecular flexibility index (Phi) is 8.55. The summed E-state index contributed by atoms with van der Waals surface area (Å²) in [6.45, 7) is 0.795. The number of rotatable bonds is 7. The molecule has 11 rings (SSSR count). The third-order valence-corrected chi connectivity index (χ3v) is 11.4. The highest BCUT2D eigenvalue weighted by molar-refractivity contribution is 6.16. The van der Waals surface area contributed by atoms with Crippen molar-refractivity contribution >= 4 is 45.2 Å². The van der Waals surface area contributed by atoms with Crippen LogP contribution in [0.3, 0.4) is 0 Å². The highest BCUT2D eigenvalue weighted by atomic mass is 15.2. The van der Waals surface area contributed by atoms with Gasteiger partial charge in [-0.25, -0.2) is 15.0 Å². The van der Waals surface area contributed by atoms with E-state index in [0.717, 1.165) is 84.9 Å². The molecule has 3 aliphatic heterocycles. The van der Waals surface area contributed by atoms with Crippen LogP contribution in [0.25, 0.3) is 55.8 Å². The molecule has 59 heavy (non-hydrogen) atoms. The third kappa shape index (κ3) is 6.30. The SMILES string of the molecule is C1=CNC(c2nc3c4ccccc4c4c(c3n2-c2ccc(-c3ccc(C5=NC(c6ccc(-c7ccccc7)cc6)=NC(c6ccccc6)N5)cc3)cc2)C=CCN4)C=C1. The van der Waals surface area contributed by atoms with E-state index in [-0.39, 0.29) is 12.2 Å². The molecule has 1 aromatic heterocycles. The van der Waals surface area contributed by atoms with E-state index in [1.54, 1.807) is 0 Å². The van der Waals surface area contributed by atoms with Crippen molar-refractivity contribution in [3.8, 4) is 27.9 Å². The fraction of sp³-hybridized carbons (Fsp3) is 0.0577. The average molecular weight is 762 g/mol. The Hall–Kier alpha value is -7.77. The summed E-state index contributed by atoms with van der Waals surface area (Å²) in [6.07, 6.45) is 12.4. The van der Waals surface area contributed by atoms with Gasteiger partial charge >= 0.3 is 0 Å². The van der Waals surface area contributed by atoms with Gasteiger partial charge in [0.2, 0.25) is 0 Å². The van der Waals surface area contributed by atoms with Crippen molar-refractivity contribution < 1.29 is 0 Å². The van der Waals surface area contributed by atoms with Gasteiger partial charge < -0.3 is 16.0 Å². The first-order chi connectivity index (χ1) is 29.2. The summed E-state index contributed by atoms with van der Waals surface area (Å²) in [5.74, 6) is 2.44. The number of nitrogens with one attached hydrogen (secondary N) is 3. The lowest BCUT2D eigenvalue weighted by atomic mass is 9.98. The molecule has 0 spiro atoms. The molecule has 2 atom stereocenters. The molecule has 7 nitrogen and oxygen atoms in total. The van der Waals surface area contributed by atoms with Crippen LogP contribution in [0.1, 0.15) is 40.3 Å². The van der Waals surface area contributed by atoms with Crippen LogP contribution in [0.15, 0.2) is 198 Å². The van der Waals surface area contributed by atoms with Crippen molar-refractivity contribution in [1.82, 2.24) is 20.2 Å². The zero-order chi connectivity index (χ0) is 39.1. The van der Waals surface area contributed by atoms with Crippen LogP contribution in [0, 0.1) is 0 Å². The van der Waals surface area contributed by atoms with E-state index in [1.807, 2.05) is 36.5 Å². The Morgan fingerprint density at radius 3 is 1.93 bits per heavy atom. The minimum Gasteiger partial charge on any atom is -0.381 e. The summed E-state index contributed by atoms with van der Waals surface area (Å²) >= 11 is 0. The fourth-order valence-electron chi connectivity index (χ4n) is 8.41. The number of amidine groups is 2. The highest BCUT2D eigenvalue weighted by Gasteiger charge is 2.26. The first-order valence-corrected chi connectivity index (χ1v) is 20.1. The summed E-state index contributed by atoms with van der Waals surface area (Å²) < 4.78 is 2.33. The number of aromatic nitrogens is 2. The van der Waals surface area contributed by atoms with E-state index >= 15 is 0 Å². The largest absolute Gasteiger partial charge is 0.381 e. The quantitative estimate of drug-likeness (QED) is 0.151. The van der Waals surface area contributed by atoms with E-state index in [1.165, 1.54) is 10.9 Å². The van der Waals surface area contributed by atoms with Crippen LogP contribution in [0.4, 0.5) is 5.69 Å². The van der Waals surface area contributed by atoms with Crippen LogP contribution in [-0.2, 0) is 0 Å². The zero-order valence-electron chi connectivity index (χ0n) is 32.1. The molecule has 0 amide bonds. The van der Waals surface area contributed by atoms with Gasteiger partial charge in [0.25, 0.3) is 0 Å². The standard InChI is InChI=1S/C52H39N7/c1-3-12-34(13-4-1)35-20-24-39(25-21-35)50-56-49(38-14-5-2-6-15-38)57-51(58-50)40-26-22-36(23-27-40)37-28-30-41(31-29-37)59-48-44-18-11-33-54-46(44)42-16-7-8-17-43(42)47(48)55-52(59)45-19-9-10-32-53-45/h1-32,45,49,53-54H,33H2,(H,56,57,58). The fourth-order valence-corrected chi connectivity index (χ4v) is 8.41. The lowest BCUT2D eigenvalue weighted by Gasteiger charge is -2.24. The molecule has 2 unspecified atom stereocenters. The second kappa shape index (κ2) is 14.6. The van der Waals surface area contributed by atoms with Crippen molar-refractivity contribution in [3.05, 3.63) is 216 Å². The number of benzene rings is 7. The molecule has 0 bridgehead atoms. The van der Waals surface area contributed by atoms with E-state index in [2.05, 4.69) is 178 Å². The molecule has 3 N–H and O–H groups in total. The Balaban J connectivity index is 0.936. The van der Waals surface area contributed by atoms with Gasteiger partial charge in [-0.2, -0.15) is 0 Å². The normalized spacial score (nSPS) is 16.8. The summed E-state index contributed by atoms with van der Waals surface area (Å²) in [6, 6.07) is 55.2. The molecule has 8 aromatic rings. The number of aliphatic imine (C=N–C) groups is 2. The Morgan fingerprint density at radius 2 is 1.22 bits per heavy atom. The van der Waals surface area contributed by atoms with Gasteiger partial charge in [-0.15, -0.1) is 0 Å². The van der Waals surface area contributed by atoms with Gasteiger partial charge in [-0.3, -0.25) is 4.57 Å². The van der Waals surface area contributed by atoms with E-state index in [0.29, 0.717) is 5.84 Å². The summed E-state index contributed by atoms with van der Waals surface area (Å²) in [5.41, 5.74) is 13.1. The number of hydrogen-bond acceptors (Lipinski definition) is 6. The van der Waals surface area contributed by atoms with E-state index in [4.69, 9.17) is 15.0 Å². The molecule has 0 aliphatic carbocycles. The maximum atomic E-state index is 5.38. The molecule has 282 valence electrons. The molecular weight excluding hydrogens is 723 g/mol. The lowest BCUT2D eigenvalue weighted by molar-refractivity contribution is 0.674.